The Balaban J connectivity index is 1.69. The molecule has 1 atom stereocenters. The number of hydrogen-bond acceptors (Lipinski definition) is 5. The molecule has 0 aliphatic carbocycles. The molecule has 0 N–H and O–H groups in total. The summed E-state index contributed by atoms with van der Waals surface area (Å²) < 4.78 is 25.8. The quantitative estimate of drug-likeness (QED) is 0.521. The van der Waals surface area contributed by atoms with E-state index in [1.165, 1.54) is 0 Å². The molecule has 3 aromatic heterocycles. The van der Waals surface area contributed by atoms with Gasteiger partial charge in [0.15, 0.2) is 15.5 Å². The lowest BCUT2D eigenvalue weighted by Gasteiger charge is -2.11. The molecule has 0 bridgehead atoms. The highest BCUT2D eigenvalue weighted by Crippen LogP contribution is 2.32. The fourth-order valence-electron chi connectivity index (χ4n) is 4.11. The Kier molecular flexibility index (Phi) is 3.77. The first-order chi connectivity index (χ1) is 13.4. The van der Waals surface area contributed by atoms with Crippen LogP contribution >= 0.6 is 0 Å². The number of para-hydroxylation sites is 1. The Morgan fingerprint density at radius 1 is 1.14 bits per heavy atom. The zero-order chi connectivity index (χ0) is 19.5. The number of sulfone groups is 1. The fourth-order valence-corrected chi connectivity index (χ4v) is 5.80. The van der Waals surface area contributed by atoms with Crippen LogP contribution in [0.2, 0.25) is 0 Å². The third kappa shape index (κ3) is 2.77. The molecule has 1 aliphatic heterocycles. The Bertz CT molecular complexity index is 1340. The van der Waals surface area contributed by atoms with E-state index < -0.39 is 9.84 Å². The second-order valence-corrected chi connectivity index (χ2v) is 9.76. The summed E-state index contributed by atoms with van der Waals surface area (Å²) in [7, 11) is -3.00. The number of nitrogens with zero attached hydrogens (tertiary/aromatic N) is 4. The zero-order valence-corrected chi connectivity index (χ0v) is 16.6. The van der Waals surface area contributed by atoms with Gasteiger partial charge in [-0.15, -0.1) is 0 Å². The number of hydrogen-bond donors (Lipinski definition) is 0. The first-order valence-corrected chi connectivity index (χ1v) is 11.2. The summed E-state index contributed by atoms with van der Waals surface area (Å²) in [6.07, 6.45) is 2.42. The topological polar surface area (TPSA) is 77.7 Å². The van der Waals surface area contributed by atoms with Crippen molar-refractivity contribution in [2.24, 2.45) is 0 Å². The highest BCUT2D eigenvalue weighted by molar-refractivity contribution is 7.91. The maximum absolute atomic E-state index is 12.0. The lowest BCUT2D eigenvalue weighted by atomic mass is 10.1. The maximum atomic E-state index is 12.0. The average Bonchev–Trinajstić information content (AvgIpc) is 3.20. The van der Waals surface area contributed by atoms with Gasteiger partial charge in [0.05, 0.1) is 34.5 Å². The van der Waals surface area contributed by atoms with Gasteiger partial charge in [-0.05, 0) is 44.0 Å². The third-order valence-electron chi connectivity index (χ3n) is 5.47. The van der Waals surface area contributed by atoms with Crippen molar-refractivity contribution in [2.75, 3.05) is 11.5 Å². The van der Waals surface area contributed by atoms with E-state index >= 15 is 0 Å². The number of rotatable bonds is 2. The van der Waals surface area contributed by atoms with Crippen LogP contribution in [-0.4, -0.2) is 39.7 Å². The van der Waals surface area contributed by atoms with Crippen LogP contribution < -0.4 is 0 Å². The standard InChI is InChI=1S/C21H20N4O2S/c1-13-9-19(16-10-15-5-3-4-6-18(15)22-11-16)23-21-20(13)14(2)24-25(21)17-7-8-28(26,27)12-17/h3-6,9-11,17H,7-8,12H2,1-2H3. The van der Waals surface area contributed by atoms with Crippen molar-refractivity contribution >= 4 is 31.8 Å². The van der Waals surface area contributed by atoms with E-state index in [4.69, 9.17) is 4.98 Å². The second-order valence-electron chi connectivity index (χ2n) is 7.53. The molecule has 142 valence electrons. The minimum atomic E-state index is -3.00. The molecular formula is C21H20N4O2S. The smallest absolute Gasteiger partial charge is 0.159 e. The molecule has 0 radical (unpaired) electrons. The summed E-state index contributed by atoms with van der Waals surface area (Å²) in [6, 6.07) is 12.0. The van der Waals surface area contributed by atoms with E-state index in [2.05, 4.69) is 22.2 Å². The molecule has 6 nitrogen and oxygen atoms in total. The van der Waals surface area contributed by atoms with Crippen molar-refractivity contribution < 1.29 is 8.42 Å². The summed E-state index contributed by atoms with van der Waals surface area (Å²) in [5.41, 5.74) is 5.42. The van der Waals surface area contributed by atoms with Gasteiger partial charge in [0.1, 0.15) is 0 Å². The van der Waals surface area contributed by atoms with E-state index in [-0.39, 0.29) is 17.5 Å². The van der Waals surface area contributed by atoms with Crippen molar-refractivity contribution in [3.8, 4) is 11.3 Å². The third-order valence-corrected chi connectivity index (χ3v) is 7.22. The van der Waals surface area contributed by atoms with Gasteiger partial charge >= 0.3 is 0 Å². The molecule has 28 heavy (non-hydrogen) atoms. The molecule has 4 aromatic rings. The van der Waals surface area contributed by atoms with E-state index in [9.17, 15) is 8.42 Å². The van der Waals surface area contributed by atoms with Crippen molar-refractivity contribution in [1.82, 2.24) is 19.7 Å². The van der Waals surface area contributed by atoms with Crippen molar-refractivity contribution in [1.29, 1.82) is 0 Å². The number of aryl methyl sites for hydroxylation is 2. The predicted molar refractivity (Wildman–Crippen MR) is 110 cm³/mol. The molecule has 5 rings (SSSR count). The normalized spacial score (nSPS) is 18.9. The first-order valence-electron chi connectivity index (χ1n) is 9.33. The van der Waals surface area contributed by atoms with Crippen LogP contribution in [0.1, 0.15) is 23.7 Å². The molecule has 1 aromatic carbocycles. The monoisotopic (exact) mass is 392 g/mol. The van der Waals surface area contributed by atoms with E-state index in [0.717, 1.165) is 44.5 Å². The SMILES string of the molecule is Cc1cc(-c2cnc3ccccc3c2)nc2c1c(C)nn2C1CCS(=O)(=O)C1. The van der Waals surface area contributed by atoms with Gasteiger partial charge in [-0.3, -0.25) is 4.98 Å². The number of pyridine rings is 2. The minimum Gasteiger partial charge on any atom is -0.256 e. The van der Waals surface area contributed by atoms with E-state index in [1.54, 1.807) is 0 Å². The summed E-state index contributed by atoms with van der Waals surface area (Å²) in [4.78, 5) is 9.44. The summed E-state index contributed by atoms with van der Waals surface area (Å²) in [5, 5.41) is 6.72. The van der Waals surface area contributed by atoms with Crippen LogP contribution in [0.3, 0.4) is 0 Å². The number of benzene rings is 1. The molecule has 0 saturated carbocycles. The molecule has 1 fully saturated rings. The van der Waals surface area contributed by atoms with Crippen LogP contribution in [0.5, 0.6) is 0 Å². The number of aromatic nitrogens is 4. The second kappa shape index (κ2) is 6.10. The molecular weight excluding hydrogens is 372 g/mol. The molecule has 4 heterocycles. The predicted octanol–water partition coefficient (Wildman–Crippen LogP) is 3.62. The molecule has 0 spiro atoms. The van der Waals surface area contributed by atoms with Gasteiger partial charge in [-0.1, -0.05) is 18.2 Å². The van der Waals surface area contributed by atoms with E-state index in [0.29, 0.717) is 6.42 Å². The summed E-state index contributed by atoms with van der Waals surface area (Å²) >= 11 is 0. The van der Waals surface area contributed by atoms with E-state index in [1.807, 2.05) is 49.0 Å². The van der Waals surface area contributed by atoms with Crippen LogP contribution in [0.15, 0.2) is 42.6 Å². The van der Waals surface area contributed by atoms with Gasteiger partial charge in [0.25, 0.3) is 0 Å². The van der Waals surface area contributed by atoms with Crippen LogP contribution in [0, 0.1) is 13.8 Å². The van der Waals surface area contributed by atoms with Gasteiger partial charge in [0, 0.05) is 22.5 Å². The Morgan fingerprint density at radius 2 is 1.96 bits per heavy atom. The van der Waals surface area contributed by atoms with Crippen molar-refractivity contribution in [3.63, 3.8) is 0 Å². The molecule has 7 heteroatoms. The van der Waals surface area contributed by atoms with Crippen LogP contribution in [0.4, 0.5) is 0 Å². The maximum Gasteiger partial charge on any atom is 0.159 e. The molecule has 1 aliphatic rings. The number of fused-ring (bicyclic) bond motifs is 2. The van der Waals surface area contributed by atoms with Gasteiger partial charge in [-0.25, -0.2) is 18.1 Å². The van der Waals surface area contributed by atoms with Crippen molar-refractivity contribution in [2.45, 2.75) is 26.3 Å². The van der Waals surface area contributed by atoms with Gasteiger partial charge in [0.2, 0.25) is 0 Å². The van der Waals surface area contributed by atoms with Gasteiger partial charge < -0.3 is 0 Å². The Labute approximate surface area is 163 Å². The summed E-state index contributed by atoms with van der Waals surface area (Å²) in [5.74, 6) is 0.344. The highest BCUT2D eigenvalue weighted by Gasteiger charge is 2.31. The lowest BCUT2D eigenvalue weighted by molar-refractivity contribution is 0.509. The average molecular weight is 392 g/mol. The minimum absolute atomic E-state index is 0.131. The largest absolute Gasteiger partial charge is 0.256 e. The molecule has 1 unspecified atom stereocenters. The fraction of sp³-hybridized carbons (Fsp3) is 0.286. The van der Waals surface area contributed by atoms with Crippen LogP contribution in [-0.2, 0) is 9.84 Å². The lowest BCUT2D eigenvalue weighted by Crippen LogP contribution is -2.13. The highest BCUT2D eigenvalue weighted by atomic mass is 32.2. The molecule has 1 saturated heterocycles. The van der Waals surface area contributed by atoms with Gasteiger partial charge in [-0.2, -0.15) is 5.10 Å². The van der Waals surface area contributed by atoms with Crippen LogP contribution in [0.25, 0.3) is 33.2 Å². The summed E-state index contributed by atoms with van der Waals surface area (Å²) in [6.45, 7) is 4.00. The Hall–Kier alpha value is -2.80. The zero-order valence-electron chi connectivity index (χ0n) is 15.8. The first kappa shape index (κ1) is 17.3. The van der Waals surface area contributed by atoms with Crippen molar-refractivity contribution in [3.05, 3.63) is 53.9 Å². The Morgan fingerprint density at radius 3 is 2.75 bits per heavy atom. The molecule has 0 amide bonds.